The summed E-state index contributed by atoms with van der Waals surface area (Å²) in [5, 5.41) is 11.7. The Hall–Kier alpha value is -3.31. The van der Waals surface area contributed by atoms with Crippen molar-refractivity contribution in [3.8, 4) is 17.2 Å². The van der Waals surface area contributed by atoms with Crippen LogP contribution >= 0.6 is 0 Å². The number of para-hydroxylation sites is 1. The lowest BCUT2D eigenvalue weighted by Crippen LogP contribution is -2.17. The number of rotatable bonds is 10. The highest BCUT2D eigenvalue weighted by Crippen LogP contribution is 2.22. The van der Waals surface area contributed by atoms with Crippen molar-refractivity contribution in [2.24, 2.45) is 0 Å². The zero-order chi connectivity index (χ0) is 19.6. The number of carboxylic acids is 1. The smallest absolute Gasteiger partial charge is 0.304 e. The van der Waals surface area contributed by atoms with E-state index in [0.717, 1.165) is 28.4 Å². The molecule has 0 aliphatic carbocycles. The zero-order valence-electron chi connectivity index (χ0n) is 15.5. The lowest BCUT2D eigenvalue weighted by atomic mass is 10.2. The maximum Gasteiger partial charge on any atom is 0.304 e. The van der Waals surface area contributed by atoms with E-state index in [-0.39, 0.29) is 6.42 Å². The van der Waals surface area contributed by atoms with E-state index in [1.54, 1.807) is 0 Å². The first-order chi connectivity index (χ1) is 13.7. The van der Waals surface area contributed by atoms with Crippen LogP contribution in [0.2, 0.25) is 0 Å². The van der Waals surface area contributed by atoms with E-state index >= 15 is 0 Å². The standard InChI is InChI=1S/C23H23NO4/c25-23(26)13-14-24-16-18-9-11-20(12-10-18)27-17-19-5-4-8-22(15-19)28-21-6-2-1-3-7-21/h1-12,15,24H,13-14,16-17H2,(H,25,26). The summed E-state index contributed by atoms with van der Waals surface area (Å²) in [5.74, 6) is 1.56. The molecular weight excluding hydrogens is 354 g/mol. The second kappa shape index (κ2) is 10.1. The fourth-order valence-corrected chi connectivity index (χ4v) is 2.62. The van der Waals surface area contributed by atoms with Crippen LogP contribution in [-0.4, -0.2) is 17.6 Å². The average Bonchev–Trinajstić information content (AvgIpc) is 2.71. The van der Waals surface area contributed by atoms with Crippen molar-refractivity contribution in [3.05, 3.63) is 90.0 Å². The molecule has 0 aliphatic heterocycles. The molecule has 0 aromatic heterocycles. The first-order valence-electron chi connectivity index (χ1n) is 9.15. The molecule has 0 aliphatic rings. The third-order valence-corrected chi connectivity index (χ3v) is 4.05. The van der Waals surface area contributed by atoms with Gasteiger partial charge in [0.1, 0.15) is 23.9 Å². The van der Waals surface area contributed by atoms with Gasteiger partial charge in [-0.2, -0.15) is 0 Å². The zero-order valence-corrected chi connectivity index (χ0v) is 15.5. The van der Waals surface area contributed by atoms with Gasteiger partial charge in [-0.05, 0) is 47.5 Å². The van der Waals surface area contributed by atoms with Crippen LogP contribution in [0.3, 0.4) is 0 Å². The van der Waals surface area contributed by atoms with Gasteiger partial charge in [0.15, 0.2) is 0 Å². The molecule has 28 heavy (non-hydrogen) atoms. The van der Waals surface area contributed by atoms with Crippen LogP contribution < -0.4 is 14.8 Å². The number of hydrogen-bond acceptors (Lipinski definition) is 4. The summed E-state index contributed by atoms with van der Waals surface area (Å²) < 4.78 is 11.7. The quantitative estimate of drug-likeness (QED) is 0.505. The molecule has 0 saturated heterocycles. The minimum atomic E-state index is -0.797. The van der Waals surface area contributed by atoms with Crippen molar-refractivity contribution in [3.63, 3.8) is 0 Å². The van der Waals surface area contributed by atoms with Crippen LogP contribution in [0.15, 0.2) is 78.9 Å². The lowest BCUT2D eigenvalue weighted by Gasteiger charge is -2.10. The van der Waals surface area contributed by atoms with Gasteiger partial charge in [-0.25, -0.2) is 0 Å². The second-order valence-corrected chi connectivity index (χ2v) is 6.32. The highest BCUT2D eigenvalue weighted by molar-refractivity contribution is 5.66. The summed E-state index contributed by atoms with van der Waals surface area (Å²) in [4.78, 5) is 10.5. The van der Waals surface area contributed by atoms with E-state index in [2.05, 4.69) is 5.32 Å². The predicted molar refractivity (Wildman–Crippen MR) is 108 cm³/mol. The number of hydrogen-bond donors (Lipinski definition) is 2. The Bertz CT molecular complexity index is 879. The van der Waals surface area contributed by atoms with Crippen molar-refractivity contribution in [2.45, 2.75) is 19.6 Å². The molecule has 144 valence electrons. The van der Waals surface area contributed by atoms with E-state index < -0.39 is 5.97 Å². The van der Waals surface area contributed by atoms with E-state index in [1.807, 2.05) is 78.9 Å². The van der Waals surface area contributed by atoms with Gasteiger partial charge in [-0.15, -0.1) is 0 Å². The van der Waals surface area contributed by atoms with E-state index in [9.17, 15) is 4.79 Å². The summed E-state index contributed by atoms with van der Waals surface area (Å²) >= 11 is 0. The van der Waals surface area contributed by atoms with E-state index in [0.29, 0.717) is 19.7 Å². The molecule has 0 fully saturated rings. The monoisotopic (exact) mass is 377 g/mol. The SMILES string of the molecule is O=C(O)CCNCc1ccc(OCc2cccc(Oc3ccccc3)c2)cc1. The number of carbonyl (C=O) groups is 1. The fraction of sp³-hybridized carbons (Fsp3) is 0.174. The lowest BCUT2D eigenvalue weighted by molar-refractivity contribution is -0.136. The number of ether oxygens (including phenoxy) is 2. The van der Waals surface area contributed by atoms with Gasteiger partial charge in [0.05, 0.1) is 6.42 Å². The maximum absolute atomic E-state index is 10.5. The third-order valence-electron chi connectivity index (χ3n) is 4.05. The third kappa shape index (κ3) is 6.45. The van der Waals surface area contributed by atoms with Crippen LogP contribution in [0.4, 0.5) is 0 Å². The van der Waals surface area contributed by atoms with Gasteiger partial charge in [-0.1, -0.05) is 42.5 Å². The van der Waals surface area contributed by atoms with E-state index in [1.165, 1.54) is 0 Å². The highest BCUT2D eigenvalue weighted by Gasteiger charge is 2.02. The molecule has 0 bridgehead atoms. The molecule has 5 nitrogen and oxygen atoms in total. The van der Waals surface area contributed by atoms with Gasteiger partial charge in [0.25, 0.3) is 0 Å². The fourth-order valence-electron chi connectivity index (χ4n) is 2.62. The van der Waals surface area contributed by atoms with Crippen LogP contribution in [-0.2, 0) is 17.9 Å². The summed E-state index contributed by atoms with van der Waals surface area (Å²) in [7, 11) is 0. The Kier molecular flexibility index (Phi) is 7.04. The van der Waals surface area contributed by atoms with Gasteiger partial charge in [0, 0.05) is 13.1 Å². The minimum absolute atomic E-state index is 0.119. The van der Waals surface area contributed by atoms with Gasteiger partial charge in [0.2, 0.25) is 0 Å². The van der Waals surface area contributed by atoms with Crippen molar-refractivity contribution in [2.75, 3.05) is 6.54 Å². The van der Waals surface area contributed by atoms with Crippen LogP contribution in [0, 0.1) is 0 Å². The molecule has 0 spiro atoms. The van der Waals surface area contributed by atoms with Crippen LogP contribution in [0.25, 0.3) is 0 Å². The molecule has 0 amide bonds. The average molecular weight is 377 g/mol. The van der Waals surface area contributed by atoms with Crippen molar-refractivity contribution in [1.29, 1.82) is 0 Å². The summed E-state index contributed by atoms with van der Waals surface area (Å²) in [5.41, 5.74) is 2.10. The minimum Gasteiger partial charge on any atom is -0.489 e. The molecule has 3 aromatic rings. The van der Waals surface area contributed by atoms with E-state index in [4.69, 9.17) is 14.6 Å². The molecule has 2 N–H and O–H groups in total. The second-order valence-electron chi connectivity index (χ2n) is 6.32. The largest absolute Gasteiger partial charge is 0.489 e. The summed E-state index contributed by atoms with van der Waals surface area (Å²) in [6, 6.07) is 25.3. The van der Waals surface area contributed by atoms with Gasteiger partial charge >= 0.3 is 5.97 Å². The van der Waals surface area contributed by atoms with Gasteiger partial charge in [-0.3, -0.25) is 4.79 Å². The molecular formula is C23H23NO4. The summed E-state index contributed by atoms with van der Waals surface area (Å²) in [6.07, 6.45) is 0.119. The molecule has 0 heterocycles. The maximum atomic E-state index is 10.5. The molecule has 5 heteroatoms. The first-order valence-corrected chi connectivity index (χ1v) is 9.15. The molecule has 0 radical (unpaired) electrons. The van der Waals surface area contributed by atoms with Gasteiger partial charge < -0.3 is 19.9 Å². The number of carboxylic acid groups (broad SMARTS) is 1. The number of benzene rings is 3. The molecule has 0 atom stereocenters. The Morgan fingerprint density at radius 1 is 0.821 bits per heavy atom. The Labute approximate surface area is 164 Å². The normalized spacial score (nSPS) is 10.4. The number of aliphatic carboxylic acids is 1. The van der Waals surface area contributed by atoms with Crippen LogP contribution in [0.5, 0.6) is 17.2 Å². The predicted octanol–water partition coefficient (Wildman–Crippen LogP) is 4.62. The van der Waals surface area contributed by atoms with Crippen molar-refractivity contribution < 1.29 is 19.4 Å². The first kappa shape index (κ1) is 19.5. The summed E-state index contributed by atoms with van der Waals surface area (Å²) in [6.45, 7) is 1.53. The molecule has 3 rings (SSSR count). The molecule has 3 aromatic carbocycles. The Balaban J connectivity index is 1.48. The Morgan fingerprint density at radius 2 is 1.57 bits per heavy atom. The number of nitrogens with one attached hydrogen (secondary N) is 1. The Morgan fingerprint density at radius 3 is 2.32 bits per heavy atom. The van der Waals surface area contributed by atoms with Crippen LogP contribution in [0.1, 0.15) is 17.5 Å². The topological polar surface area (TPSA) is 67.8 Å². The van der Waals surface area contributed by atoms with Crippen molar-refractivity contribution >= 4 is 5.97 Å². The van der Waals surface area contributed by atoms with Crippen molar-refractivity contribution in [1.82, 2.24) is 5.32 Å². The highest BCUT2D eigenvalue weighted by atomic mass is 16.5. The molecule has 0 saturated carbocycles. The molecule has 0 unspecified atom stereocenters.